The number of aryl methyl sites for hydroxylation is 1. The molecule has 0 spiro atoms. The molecule has 6 heteroatoms. The maximum atomic E-state index is 14.0. The second-order valence-corrected chi connectivity index (χ2v) is 4.74. The first kappa shape index (κ1) is 12.5. The van der Waals surface area contributed by atoms with Crippen LogP contribution < -0.4 is 4.90 Å². The van der Waals surface area contributed by atoms with E-state index in [1.54, 1.807) is 18.2 Å². The molecule has 2 aromatic heterocycles. The molecule has 3 rings (SSSR count). The molecular weight excluding hydrogens is 257 g/mol. The van der Waals surface area contributed by atoms with Crippen LogP contribution in [0.15, 0.2) is 30.6 Å². The Kier molecular flexibility index (Phi) is 2.85. The summed E-state index contributed by atoms with van der Waals surface area (Å²) < 4.78 is 15.5. The highest BCUT2D eigenvalue weighted by atomic mass is 19.1. The molecule has 0 saturated heterocycles. The molecule has 0 atom stereocenters. The van der Waals surface area contributed by atoms with Crippen molar-refractivity contribution < 1.29 is 4.39 Å². The van der Waals surface area contributed by atoms with Crippen LogP contribution >= 0.6 is 0 Å². The Bertz CT molecular complexity index is 778. The Morgan fingerprint density at radius 1 is 1.15 bits per heavy atom. The van der Waals surface area contributed by atoms with E-state index in [1.807, 2.05) is 25.9 Å². The van der Waals surface area contributed by atoms with Crippen LogP contribution in [0.2, 0.25) is 0 Å². The summed E-state index contributed by atoms with van der Waals surface area (Å²) in [6.45, 7) is 1.87. The van der Waals surface area contributed by atoms with Gasteiger partial charge in [-0.1, -0.05) is 12.1 Å². The minimum absolute atomic E-state index is 0.332. The molecule has 0 bridgehead atoms. The predicted octanol–water partition coefficient (Wildman–Crippen LogP) is 2.33. The number of hydrogen-bond acceptors (Lipinski definition) is 4. The van der Waals surface area contributed by atoms with E-state index in [1.165, 1.54) is 17.1 Å². The largest absolute Gasteiger partial charge is 0.362 e. The third-order valence-corrected chi connectivity index (χ3v) is 3.12. The lowest BCUT2D eigenvalue weighted by Crippen LogP contribution is -2.11. The Morgan fingerprint density at radius 2 is 1.90 bits per heavy atom. The molecular formula is C14H14FN5. The minimum Gasteiger partial charge on any atom is -0.362 e. The zero-order chi connectivity index (χ0) is 14.3. The van der Waals surface area contributed by atoms with Gasteiger partial charge in [-0.2, -0.15) is 5.10 Å². The molecule has 0 N–H and O–H groups in total. The van der Waals surface area contributed by atoms with Crippen molar-refractivity contribution in [1.29, 1.82) is 0 Å². The highest BCUT2D eigenvalue weighted by molar-refractivity contribution is 5.90. The summed E-state index contributed by atoms with van der Waals surface area (Å²) in [5.41, 5.74) is 1.76. The van der Waals surface area contributed by atoms with Crippen LogP contribution in [-0.4, -0.2) is 33.8 Å². The minimum atomic E-state index is -0.332. The first-order valence-corrected chi connectivity index (χ1v) is 6.22. The molecule has 0 aliphatic rings. The summed E-state index contributed by atoms with van der Waals surface area (Å²) in [5.74, 6) is 0.442. The fourth-order valence-corrected chi connectivity index (χ4v) is 2.23. The molecule has 3 aromatic rings. The van der Waals surface area contributed by atoms with Gasteiger partial charge in [0, 0.05) is 14.1 Å². The summed E-state index contributed by atoms with van der Waals surface area (Å²) >= 11 is 0. The highest BCUT2D eigenvalue weighted by Gasteiger charge is 2.17. The lowest BCUT2D eigenvalue weighted by molar-refractivity contribution is 0.612. The van der Waals surface area contributed by atoms with Crippen molar-refractivity contribution in [2.24, 2.45) is 0 Å². The fraction of sp³-hybridized carbons (Fsp3) is 0.214. The number of rotatable bonds is 2. The number of para-hydroxylation sites is 1. The van der Waals surface area contributed by atoms with Crippen molar-refractivity contribution in [2.45, 2.75) is 6.92 Å². The average molecular weight is 271 g/mol. The zero-order valence-corrected chi connectivity index (χ0v) is 11.5. The van der Waals surface area contributed by atoms with Gasteiger partial charge in [0.2, 0.25) is 0 Å². The number of nitrogens with zero attached hydrogens (tertiary/aromatic N) is 5. The molecule has 2 heterocycles. The number of hydrogen-bond donors (Lipinski definition) is 0. The molecule has 0 aliphatic carbocycles. The van der Waals surface area contributed by atoms with Crippen molar-refractivity contribution in [3.63, 3.8) is 0 Å². The Hall–Kier alpha value is -2.50. The van der Waals surface area contributed by atoms with Gasteiger partial charge < -0.3 is 4.90 Å². The number of fused-ring (bicyclic) bond motifs is 1. The van der Waals surface area contributed by atoms with Crippen LogP contribution in [0, 0.1) is 12.7 Å². The standard InChI is InChI=1S/C14H14FN5/c1-9-12-13(19(2)3)16-8-17-14(12)20(18-9)11-7-5-4-6-10(11)15/h4-8H,1-3H3. The van der Waals surface area contributed by atoms with Gasteiger partial charge >= 0.3 is 0 Å². The molecule has 0 unspecified atom stereocenters. The van der Waals surface area contributed by atoms with Crippen LogP contribution in [-0.2, 0) is 0 Å². The van der Waals surface area contributed by atoms with Crippen LogP contribution in [0.25, 0.3) is 16.7 Å². The van der Waals surface area contributed by atoms with Crippen LogP contribution in [0.4, 0.5) is 10.2 Å². The summed E-state index contributed by atoms with van der Waals surface area (Å²) in [7, 11) is 3.81. The van der Waals surface area contributed by atoms with Crippen molar-refractivity contribution in [3.8, 4) is 5.69 Å². The van der Waals surface area contributed by atoms with E-state index in [-0.39, 0.29) is 5.82 Å². The molecule has 1 aromatic carbocycles. The van der Waals surface area contributed by atoms with E-state index < -0.39 is 0 Å². The summed E-state index contributed by atoms with van der Waals surface area (Å²) in [4.78, 5) is 10.4. The molecule has 0 amide bonds. The Balaban J connectivity index is 2.35. The van der Waals surface area contributed by atoms with Gasteiger partial charge in [-0.25, -0.2) is 19.0 Å². The molecule has 5 nitrogen and oxygen atoms in total. The quantitative estimate of drug-likeness (QED) is 0.717. The van der Waals surface area contributed by atoms with E-state index >= 15 is 0 Å². The number of aromatic nitrogens is 4. The number of benzene rings is 1. The fourth-order valence-electron chi connectivity index (χ4n) is 2.23. The van der Waals surface area contributed by atoms with Gasteiger partial charge in [0.15, 0.2) is 5.65 Å². The smallest absolute Gasteiger partial charge is 0.168 e. The van der Waals surface area contributed by atoms with E-state index in [2.05, 4.69) is 15.1 Å². The van der Waals surface area contributed by atoms with Gasteiger partial charge in [-0.15, -0.1) is 0 Å². The van der Waals surface area contributed by atoms with E-state index in [0.717, 1.165) is 16.9 Å². The first-order valence-electron chi connectivity index (χ1n) is 6.22. The topological polar surface area (TPSA) is 46.8 Å². The Labute approximate surface area is 115 Å². The lowest BCUT2D eigenvalue weighted by atomic mass is 10.3. The highest BCUT2D eigenvalue weighted by Crippen LogP contribution is 2.27. The van der Waals surface area contributed by atoms with E-state index in [4.69, 9.17) is 0 Å². The van der Waals surface area contributed by atoms with Crippen molar-refractivity contribution in [1.82, 2.24) is 19.7 Å². The van der Waals surface area contributed by atoms with E-state index in [9.17, 15) is 4.39 Å². The molecule has 0 fully saturated rings. The molecule has 0 saturated carbocycles. The summed E-state index contributed by atoms with van der Waals surface area (Å²) in [6, 6.07) is 6.51. The molecule has 20 heavy (non-hydrogen) atoms. The lowest BCUT2D eigenvalue weighted by Gasteiger charge is -2.11. The van der Waals surface area contributed by atoms with Gasteiger partial charge in [-0.3, -0.25) is 0 Å². The molecule has 102 valence electrons. The van der Waals surface area contributed by atoms with Gasteiger partial charge in [0.05, 0.1) is 11.1 Å². The van der Waals surface area contributed by atoms with Gasteiger partial charge in [0.25, 0.3) is 0 Å². The van der Waals surface area contributed by atoms with Crippen molar-refractivity contribution in [2.75, 3.05) is 19.0 Å². The number of halogens is 1. The number of anilines is 1. The average Bonchev–Trinajstić information content (AvgIpc) is 2.77. The van der Waals surface area contributed by atoms with Gasteiger partial charge in [-0.05, 0) is 19.1 Å². The van der Waals surface area contributed by atoms with Crippen molar-refractivity contribution >= 4 is 16.9 Å². The zero-order valence-electron chi connectivity index (χ0n) is 11.5. The summed E-state index contributed by atoms with van der Waals surface area (Å²) in [5, 5.41) is 5.25. The maximum absolute atomic E-state index is 14.0. The van der Waals surface area contributed by atoms with Crippen LogP contribution in [0.3, 0.4) is 0 Å². The molecule has 0 aliphatic heterocycles. The van der Waals surface area contributed by atoms with Crippen LogP contribution in [0.1, 0.15) is 5.69 Å². The normalized spacial score (nSPS) is 11.0. The van der Waals surface area contributed by atoms with Crippen LogP contribution in [0.5, 0.6) is 0 Å². The maximum Gasteiger partial charge on any atom is 0.168 e. The van der Waals surface area contributed by atoms with Gasteiger partial charge in [0.1, 0.15) is 23.6 Å². The SMILES string of the molecule is Cc1nn(-c2ccccc2F)c2ncnc(N(C)C)c12. The van der Waals surface area contributed by atoms with Crippen molar-refractivity contribution in [3.05, 3.63) is 42.1 Å². The first-order chi connectivity index (χ1) is 9.59. The Morgan fingerprint density at radius 3 is 2.60 bits per heavy atom. The van der Waals surface area contributed by atoms with E-state index in [0.29, 0.717) is 11.3 Å². The monoisotopic (exact) mass is 271 g/mol. The third kappa shape index (κ3) is 1.80. The second-order valence-electron chi connectivity index (χ2n) is 4.74. The molecule has 0 radical (unpaired) electrons. The predicted molar refractivity (Wildman–Crippen MR) is 75.7 cm³/mol. The second kappa shape index (κ2) is 4.56. The third-order valence-electron chi connectivity index (χ3n) is 3.12. The summed E-state index contributed by atoms with van der Waals surface area (Å²) in [6.07, 6.45) is 1.47.